The highest BCUT2D eigenvalue weighted by atomic mass is 16.5. The van der Waals surface area contributed by atoms with E-state index >= 15 is 0 Å². The van der Waals surface area contributed by atoms with Crippen molar-refractivity contribution in [1.82, 2.24) is 4.90 Å². The molecular formula is C23H29N3O3. The molecule has 1 heterocycles. The summed E-state index contributed by atoms with van der Waals surface area (Å²) in [5.74, 6) is 0.213. The predicted octanol–water partition coefficient (Wildman–Crippen LogP) is 3.28. The van der Waals surface area contributed by atoms with Crippen LogP contribution in [0.2, 0.25) is 0 Å². The number of carbonyl (C=O) groups excluding carboxylic acids is 1. The minimum absolute atomic E-state index is 0.0117. The highest BCUT2D eigenvalue weighted by Crippen LogP contribution is 2.25. The number of carbonyl (C=O) groups is 1. The fourth-order valence-corrected chi connectivity index (χ4v) is 3.62. The van der Waals surface area contributed by atoms with Crippen molar-refractivity contribution < 1.29 is 14.3 Å². The van der Waals surface area contributed by atoms with Crippen LogP contribution in [0.15, 0.2) is 42.5 Å². The molecule has 0 saturated carbocycles. The van der Waals surface area contributed by atoms with E-state index < -0.39 is 0 Å². The van der Waals surface area contributed by atoms with Crippen LogP contribution in [-0.4, -0.2) is 50.6 Å². The van der Waals surface area contributed by atoms with Crippen molar-refractivity contribution in [2.45, 2.75) is 19.4 Å². The molecule has 3 N–H and O–H groups in total. The maximum absolute atomic E-state index is 12.2. The van der Waals surface area contributed by atoms with E-state index in [0.29, 0.717) is 23.7 Å². The number of nitrogens with zero attached hydrogens (tertiary/aromatic N) is 1. The average molecular weight is 396 g/mol. The third-order valence-electron chi connectivity index (χ3n) is 5.38. The summed E-state index contributed by atoms with van der Waals surface area (Å²) in [5, 5.41) is 7.66. The SMILES string of the molecule is COC(=O)c1cc(COCC2CCN(C)CC2)cc(-c2cccc(C(=N)N)c2)c1. The Morgan fingerprint density at radius 2 is 1.86 bits per heavy atom. The zero-order valence-corrected chi connectivity index (χ0v) is 17.1. The van der Waals surface area contributed by atoms with Gasteiger partial charge in [0.1, 0.15) is 5.84 Å². The summed E-state index contributed by atoms with van der Waals surface area (Å²) in [4.78, 5) is 14.5. The minimum Gasteiger partial charge on any atom is -0.465 e. The summed E-state index contributed by atoms with van der Waals surface area (Å²) in [6.45, 7) is 3.40. The van der Waals surface area contributed by atoms with Gasteiger partial charge in [-0.2, -0.15) is 0 Å². The standard InChI is InChI=1S/C23H29N3O3/c1-26-8-6-16(7-9-26)14-29-15-17-10-20(13-21(11-17)23(27)28-2)18-4-3-5-19(12-18)22(24)25/h3-5,10-13,16H,6-9,14-15H2,1-2H3,(H3,24,25). The molecule has 0 atom stereocenters. The van der Waals surface area contributed by atoms with Crippen LogP contribution in [0.4, 0.5) is 0 Å². The Hall–Kier alpha value is -2.70. The van der Waals surface area contributed by atoms with Crippen molar-refractivity contribution in [3.8, 4) is 11.1 Å². The van der Waals surface area contributed by atoms with Gasteiger partial charge in [0.15, 0.2) is 0 Å². The van der Waals surface area contributed by atoms with Crippen LogP contribution >= 0.6 is 0 Å². The Morgan fingerprint density at radius 1 is 1.14 bits per heavy atom. The molecule has 0 spiro atoms. The average Bonchev–Trinajstić information content (AvgIpc) is 2.74. The van der Waals surface area contributed by atoms with Gasteiger partial charge < -0.3 is 20.1 Å². The maximum Gasteiger partial charge on any atom is 0.337 e. The highest BCUT2D eigenvalue weighted by Gasteiger charge is 2.17. The second-order valence-electron chi connectivity index (χ2n) is 7.67. The van der Waals surface area contributed by atoms with E-state index in [4.69, 9.17) is 20.6 Å². The van der Waals surface area contributed by atoms with Gasteiger partial charge in [-0.15, -0.1) is 0 Å². The Kier molecular flexibility index (Phi) is 7.01. The predicted molar refractivity (Wildman–Crippen MR) is 114 cm³/mol. The van der Waals surface area contributed by atoms with E-state index in [9.17, 15) is 4.79 Å². The quantitative estimate of drug-likeness (QED) is 0.427. The molecule has 1 aliphatic rings. The molecule has 6 heteroatoms. The maximum atomic E-state index is 12.2. The van der Waals surface area contributed by atoms with E-state index in [-0.39, 0.29) is 11.8 Å². The number of methoxy groups -OCH3 is 1. The summed E-state index contributed by atoms with van der Waals surface area (Å²) in [6, 6.07) is 13.1. The first-order valence-electron chi connectivity index (χ1n) is 9.89. The third-order valence-corrected chi connectivity index (χ3v) is 5.38. The van der Waals surface area contributed by atoms with E-state index in [1.807, 2.05) is 30.3 Å². The van der Waals surface area contributed by atoms with Crippen molar-refractivity contribution in [2.75, 3.05) is 33.9 Å². The third kappa shape index (κ3) is 5.65. The number of nitrogens with one attached hydrogen (secondary N) is 1. The smallest absolute Gasteiger partial charge is 0.337 e. The number of benzene rings is 2. The largest absolute Gasteiger partial charge is 0.465 e. The van der Waals surface area contributed by atoms with Gasteiger partial charge in [-0.25, -0.2) is 4.79 Å². The van der Waals surface area contributed by atoms with E-state index in [2.05, 4.69) is 11.9 Å². The zero-order valence-electron chi connectivity index (χ0n) is 17.1. The van der Waals surface area contributed by atoms with Gasteiger partial charge in [-0.05, 0) is 79.9 Å². The molecule has 1 saturated heterocycles. The van der Waals surface area contributed by atoms with Crippen LogP contribution in [0.3, 0.4) is 0 Å². The number of nitrogen functional groups attached to an aromatic ring is 1. The van der Waals surface area contributed by atoms with Crippen LogP contribution in [0.25, 0.3) is 11.1 Å². The highest BCUT2D eigenvalue weighted by molar-refractivity contribution is 5.96. The minimum atomic E-state index is -0.383. The molecule has 154 valence electrons. The van der Waals surface area contributed by atoms with Gasteiger partial charge in [0.25, 0.3) is 0 Å². The lowest BCUT2D eigenvalue weighted by molar-refractivity contribution is 0.0593. The molecule has 0 radical (unpaired) electrons. The second kappa shape index (κ2) is 9.67. The van der Waals surface area contributed by atoms with Crippen molar-refractivity contribution in [3.63, 3.8) is 0 Å². The number of ether oxygens (including phenoxy) is 2. The summed E-state index contributed by atoms with van der Waals surface area (Å²) in [6.07, 6.45) is 2.31. The van der Waals surface area contributed by atoms with Gasteiger partial charge in [0.05, 0.1) is 19.3 Å². The molecule has 3 rings (SSSR count). The number of nitrogens with two attached hydrogens (primary N) is 1. The van der Waals surface area contributed by atoms with Crippen molar-refractivity contribution in [1.29, 1.82) is 5.41 Å². The number of piperidine rings is 1. The normalized spacial score (nSPS) is 15.2. The first-order valence-corrected chi connectivity index (χ1v) is 9.89. The molecule has 2 aromatic rings. The molecule has 2 aromatic carbocycles. The lowest BCUT2D eigenvalue weighted by Gasteiger charge is -2.28. The number of amidine groups is 1. The summed E-state index contributed by atoms with van der Waals surface area (Å²) in [5.41, 5.74) is 9.43. The molecule has 6 nitrogen and oxygen atoms in total. The van der Waals surface area contributed by atoms with Gasteiger partial charge in [0.2, 0.25) is 0 Å². The molecular weight excluding hydrogens is 366 g/mol. The number of hydrogen-bond acceptors (Lipinski definition) is 5. The Morgan fingerprint density at radius 3 is 2.55 bits per heavy atom. The van der Waals surface area contributed by atoms with Crippen LogP contribution in [0, 0.1) is 11.3 Å². The topological polar surface area (TPSA) is 88.6 Å². The van der Waals surface area contributed by atoms with Gasteiger partial charge in [0, 0.05) is 12.2 Å². The molecule has 0 bridgehead atoms. The number of likely N-dealkylation sites (tertiary alicyclic amines) is 1. The summed E-state index contributed by atoms with van der Waals surface area (Å²) < 4.78 is 10.9. The molecule has 0 unspecified atom stereocenters. The first kappa shape index (κ1) is 21.0. The molecule has 1 aliphatic heterocycles. The van der Waals surface area contributed by atoms with Crippen molar-refractivity contribution in [3.05, 3.63) is 59.2 Å². The van der Waals surface area contributed by atoms with Gasteiger partial charge >= 0.3 is 5.97 Å². The monoisotopic (exact) mass is 395 g/mol. The molecule has 1 fully saturated rings. The lowest BCUT2D eigenvalue weighted by Crippen LogP contribution is -2.31. The fourth-order valence-electron chi connectivity index (χ4n) is 3.62. The van der Waals surface area contributed by atoms with E-state index in [0.717, 1.165) is 49.2 Å². The molecule has 0 aliphatic carbocycles. The Bertz CT molecular complexity index is 873. The van der Waals surface area contributed by atoms with Crippen LogP contribution < -0.4 is 5.73 Å². The van der Waals surface area contributed by atoms with Crippen molar-refractivity contribution >= 4 is 11.8 Å². The Labute approximate surface area is 172 Å². The first-order chi connectivity index (χ1) is 14.0. The number of esters is 1. The summed E-state index contributed by atoms with van der Waals surface area (Å²) >= 11 is 0. The van der Waals surface area contributed by atoms with Crippen molar-refractivity contribution in [2.24, 2.45) is 11.7 Å². The summed E-state index contributed by atoms with van der Waals surface area (Å²) in [7, 11) is 3.53. The zero-order chi connectivity index (χ0) is 20.8. The molecule has 29 heavy (non-hydrogen) atoms. The second-order valence-corrected chi connectivity index (χ2v) is 7.67. The fraction of sp³-hybridized carbons (Fsp3) is 0.391. The lowest BCUT2D eigenvalue weighted by atomic mass is 9.97. The molecule has 0 aromatic heterocycles. The van der Waals surface area contributed by atoms with Crippen LogP contribution in [-0.2, 0) is 16.1 Å². The van der Waals surface area contributed by atoms with E-state index in [1.165, 1.54) is 7.11 Å². The Balaban J connectivity index is 1.78. The number of hydrogen-bond donors (Lipinski definition) is 2. The van der Waals surface area contributed by atoms with Gasteiger partial charge in [-0.3, -0.25) is 5.41 Å². The van der Waals surface area contributed by atoms with Gasteiger partial charge in [-0.1, -0.05) is 18.2 Å². The molecule has 0 amide bonds. The van der Waals surface area contributed by atoms with Crippen LogP contribution in [0.1, 0.15) is 34.3 Å². The van der Waals surface area contributed by atoms with Crippen LogP contribution in [0.5, 0.6) is 0 Å². The van der Waals surface area contributed by atoms with E-state index in [1.54, 1.807) is 12.1 Å². The number of rotatable bonds is 7.